The molecule has 1 aliphatic heterocycles. The lowest BCUT2D eigenvalue weighted by molar-refractivity contribution is 0.404. The zero-order valence-corrected chi connectivity index (χ0v) is 14.6. The minimum atomic E-state index is 0. The van der Waals surface area contributed by atoms with Gasteiger partial charge >= 0.3 is 0 Å². The van der Waals surface area contributed by atoms with Crippen molar-refractivity contribution in [2.45, 2.75) is 17.2 Å². The predicted molar refractivity (Wildman–Crippen MR) is 96.9 cm³/mol. The molecule has 0 amide bonds. The number of fused-ring (bicyclic) bond motifs is 1. The van der Waals surface area contributed by atoms with Crippen LogP contribution >= 0.6 is 24.2 Å². The largest absolute Gasteiger partial charge is 0.496 e. The zero-order chi connectivity index (χ0) is 14.7. The smallest absolute Gasteiger partial charge is 0.132 e. The average molecular weight is 336 g/mol. The molecule has 0 radical (unpaired) electrons. The highest BCUT2D eigenvalue weighted by molar-refractivity contribution is 7.98. The number of rotatable bonds is 3. The van der Waals surface area contributed by atoms with Crippen molar-refractivity contribution in [3.63, 3.8) is 0 Å². The molecule has 3 rings (SSSR count). The summed E-state index contributed by atoms with van der Waals surface area (Å²) in [4.78, 5) is 1.22. The van der Waals surface area contributed by atoms with Crippen molar-refractivity contribution in [1.82, 2.24) is 5.32 Å². The zero-order valence-electron chi connectivity index (χ0n) is 13.0. The van der Waals surface area contributed by atoms with Crippen LogP contribution in [0.2, 0.25) is 0 Å². The van der Waals surface area contributed by atoms with E-state index in [0.717, 1.165) is 25.3 Å². The van der Waals surface area contributed by atoms with Crippen molar-refractivity contribution in [2.75, 3.05) is 26.5 Å². The summed E-state index contributed by atoms with van der Waals surface area (Å²) >= 11 is 1.75. The second-order valence-electron chi connectivity index (χ2n) is 5.32. The SMILES string of the molecule is COc1cc2c(cc1SC)C(c1ccccc1)CNCC2.Cl. The van der Waals surface area contributed by atoms with Crippen LogP contribution in [-0.2, 0) is 6.42 Å². The molecule has 1 aliphatic rings. The van der Waals surface area contributed by atoms with Gasteiger partial charge in [-0.3, -0.25) is 0 Å². The van der Waals surface area contributed by atoms with E-state index in [9.17, 15) is 0 Å². The van der Waals surface area contributed by atoms with Crippen molar-refractivity contribution in [3.8, 4) is 5.75 Å². The third-order valence-electron chi connectivity index (χ3n) is 4.14. The van der Waals surface area contributed by atoms with Crippen LogP contribution in [0.15, 0.2) is 47.4 Å². The lowest BCUT2D eigenvalue weighted by Gasteiger charge is -2.20. The third kappa shape index (κ3) is 3.43. The van der Waals surface area contributed by atoms with Gasteiger partial charge in [-0.25, -0.2) is 0 Å². The summed E-state index contributed by atoms with van der Waals surface area (Å²) in [7, 11) is 1.76. The Morgan fingerprint density at radius 2 is 1.95 bits per heavy atom. The fourth-order valence-electron chi connectivity index (χ4n) is 3.04. The van der Waals surface area contributed by atoms with Crippen LogP contribution in [0.4, 0.5) is 0 Å². The molecule has 1 unspecified atom stereocenters. The molecule has 4 heteroatoms. The van der Waals surface area contributed by atoms with Crippen LogP contribution in [0.3, 0.4) is 0 Å². The normalized spacial score (nSPS) is 17.1. The first-order valence-corrected chi connectivity index (χ1v) is 8.56. The van der Waals surface area contributed by atoms with Gasteiger partial charge in [0.2, 0.25) is 0 Å². The number of hydrogen-bond acceptors (Lipinski definition) is 3. The van der Waals surface area contributed by atoms with Gasteiger partial charge in [0.05, 0.1) is 7.11 Å². The molecule has 22 heavy (non-hydrogen) atoms. The van der Waals surface area contributed by atoms with Gasteiger partial charge in [0, 0.05) is 17.4 Å². The number of benzene rings is 2. The summed E-state index contributed by atoms with van der Waals surface area (Å²) in [5.74, 6) is 1.41. The van der Waals surface area contributed by atoms with E-state index in [2.05, 4.69) is 54.0 Å². The molecule has 0 saturated heterocycles. The Bertz CT molecular complexity index is 618. The maximum absolute atomic E-state index is 5.54. The highest BCUT2D eigenvalue weighted by Crippen LogP contribution is 2.37. The maximum Gasteiger partial charge on any atom is 0.132 e. The van der Waals surface area contributed by atoms with Crippen molar-refractivity contribution < 1.29 is 4.74 Å². The van der Waals surface area contributed by atoms with E-state index in [4.69, 9.17) is 4.74 Å². The Morgan fingerprint density at radius 3 is 2.64 bits per heavy atom. The van der Waals surface area contributed by atoms with Gasteiger partial charge < -0.3 is 10.1 Å². The molecule has 0 bridgehead atoms. The highest BCUT2D eigenvalue weighted by atomic mass is 35.5. The van der Waals surface area contributed by atoms with E-state index in [-0.39, 0.29) is 12.4 Å². The fourth-order valence-corrected chi connectivity index (χ4v) is 3.63. The lowest BCUT2D eigenvalue weighted by Crippen LogP contribution is -2.20. The Balaban J connectivity index is 0.00000176. The van der Waals surface area contributed by atoms with Crippen molar-refractivity contribution in [3.05, 3.63) is 59.2 Å². The quantitative estimate of drug-likeness (QED) is 0.853. The van der Waals surface area contributed by atoms with E-state index < -0.39 is 0 Å². The average Bonchev–Trinajstić information content (AvgIpc) is 2.76. The van der Waals surface area contributed by atoms with Crippen LogP contribution in [0.25, 0.3) is 0 Å². The van der Waals surface area contributed by atoms with Crippen LogP contribution in [0.1, 0.15) is 22.6 Å². The number of methoxy groups -OCH3 is 1. The Kier molecular flexibility index (Phi) is 6.18. The van der Waals surface area contributed by atoms with Gasteiger partial charge in [-0.2, -0.15) is 0 Å². The lowest BCUT2D eigenvalue weighted by atomic mass is 9.88. The highest BCUT2D eigenvalue weighted by Gasteiger charge is 2.22. The van der Waals surface area contributed by atoms with Crippen molar-refractivity contribution in [1.29, 1.82) is 0 Å². The number of ether oxygens (including phenoxy) is 1. The second-order valence-corrected chi connectivity index (χ2v) is 6.17. The summed E-state index contributed by atoms with van der Waals surface area (Å²) < 4.78 is 5.54. The van der Waals surface area contributed by atoms with E-state index in [1.54, 1.807) is 18.9 Å². The first kappa shape index (κ1) is 17.2. The maximum atomic E-state index is 5.54. The van der Waals surface area contributed by atoms with E-state index in [0.29, 0.717) is 5.92 Å². The van der Waals surface area contributed by atoms with E-state index in [1.807, 2.05) is 0 Å². The summed E-state index contributed by atoms with van der Waals surface area (Å²) in [6.07, 6.45) is 3.17. The van der Waals surface area contributed by atoms with Gasteiger partial charge in [0.15, 0.2) is 0 Å². The van der Waals surface area contributed by atoms with Gasteiger partial charge in [-0.05, 0) is 48.0 Å². The standard InChI is InChI=1S/C18H21NOS.ClH/c1-20-17-10-14-8-9-19-12-16(13-6-4-3-5-7-13)15(14)11-18(17)21-2;/h3-7,10-11,16,19H,8-9,12H2,1-2H3;1H. The molecular weight excluding hydrogens is 314 g/mol. The molecule has 0 saturated carbocycles. The summed E-state index contributed by atoms with van der Waals surface area (Å²) in [6.45, 7) is 2.02. The number of thioether (sulfide) groups is 1. The van der Waals surface area contributed by atoms with Crippen LogP contribution in [0, 0.1) is 0 Å². The number of nitrogens with one attached hydrogen (secondary N) is 1. The van der Waals surface area contributed by atoms with Gasteiger partial charge in [0.1, 0.15) is 5.75 Å². The molecule has 0 fully saturated rings. The molecular formula is C18H22ClNOS. The molecule has 0 aliphatic carbocycles. The van der Waals surface area contributed by atoms with Gasteiger partial charge in [-0.1, -0.05) is 30.3 Å². The predicted octanol–water partition coefficient (Wildman–Crippen LogP) is 4.12. The summed E-state index contributed by atoms with van der Waals surface area (Å²) in [5.41, 5.74) is 4.23. The fraction of sp³-hybridized carbons (Fsp3) is 0.333. The monoisotopic (exact) mass is 335 g/mol. The van der Waals surface area contributed by atoms with Crippen molar-refractivity contribution in [2.24, 2.45) is 0 Å². The molecule has 2 nitrogen and oxygen atoms in total. The number of hydrogen-bond donors (Lipinski definition) is 1. The minimum absolute atomic E-state index is 0. The summed E-state index contributed by atoms with van der Waals surface area (Å²) in [5, 5.41) is 3.57. The molecule has 2 aromatic carbocycles. The second kappa shape index (κ2) is 7.91. The van der Waals surface area contributed by atoms with Gasteiger partial charge in [-0.15, -0.1) is 24.2 Å². The summed E-state index contributed by atoms with van der Waals surface area (Å²) in [6, 6.07) is 15.3. The van der Waals surface area contributed by atoms with E-state index >= 15 is 0 Å². The topological polar surface area (TPSA) is 21.3 Å². The Morgan fingerprint density at radius 1 is 1.18 bits per heavy atom. The Hall–Kier alpha value is -1.16. The first-order valence-electron chi connectivity index (χ1n) is 7.34. The van der Waals surface area contributed by atoms with E-state index in [1.165, 1.54) is 21.6 Å². The van der Waals surface area contributed by atoms with Crippen LogP contribution in [-0.4, -0.2) is 26.5 Å². The molecule has 1 N–H and O–H groups in total. The van der Waals surface area contributed by atoms with Gasteiger partial charge in [0.25, 0.3) is 0 Å². The van der Waals surface area contributed by atoms with Crippen LogP contribution in [0.5, 0.6) is 5.75 Å². The minimum Gasteiger partial charge on any atom is -0.496 e. The molecule has 0 aromatic heterocycles. The van der Waals surface area contributed by atoms with Crippen molar-refractivity contribution >= 4 is 24.2 Å². The third-order valence-corrected chi connectivity index (χ3v) is 4.90. The number of halogens is 1. The molecule has 118 valence electrons. The molecule has 2 aromatic rings. The Labute approximate surface area is 143 Å². The molecule has 1 heterocycles. The molecule has 1 atom stereocenters. The van der Waals surface area contributed by atoms with Crippen LogP contribution < -0.4 is 10.1 Å². The first-order chi connectivity index (χ1) is 10.3. The molecule has 0 spiro atoms.